The summed E-state index contributed by atoms with van der Waals surface area (Å²) >= 11 is 0. The van der Waals surface area contributed by atoms with E-state index in [9.17, 15) is 4.79 Å². The summed E-state index contributed by atoms with van der Waals surface area (Å²) in [6.07, 6.45) is 8.49. The van der Waals surface area contributed by atoms with Gasteiger partial charge < -0.3 is 5.32 Å². The molecule has 16 heavy (non-hydrogen) atoms. The molecule has 1 N–H and O–H groups in total. The third-order valence-electron chi connectivity index (χ3n) is 3.06. The summed E-state index contributed by atoms with van der Waals surface area (Å²) in [5.74, 6) is 0.0639. The molecular weight excluding hydrogens is 200 g/mol. The molecule has 0 aromatic heterocycles. The second kappa shape index (κ2) is 5.85. The molecule has 3 heteroatoms. The third-order valence-corrected chi connectivity index (χ3v) is 3.06. The van der Waals surface area contributed by atoms with Crippen LogP contribution in [0.1, 0.15) is 26.7 Å². The Kier molecular flexibility index (Phi) is 4.74. The van der Waals surface area contributed by atoms with Crippen LogP contribution in [-0.2, 0) is 4.79 Å². The lowest BCUT2D eigenvalue weighted by molar-refractivity contribution is -0.124. The molecule has 90 valence electrons. The molecule has 1 amide bonds. The van der Waals surface area contributed by atoms with E-state index < -0.39 is 0 Å². The number of likely N-dealkylation sites (N-methyl/N-ethyl adjacent to an activating group) is 2. The second-order valence-corrected chi connectivity index (χ2v) is 4.46. The Bertz CT molecular complexity index is 305. The zero-order valence-electron chi connectivity index (χ0n) is 10.7. The zero-order valence-corrected chi connectivity index (χ0v) is 10.7. The molecule has 0 heterocycles. The molecular formula is C13H22N2O. The predicted molar refractivity (Wildman–Crippen MR) is 67.2 cm³/mol. The van der Waals surface area contributed by atoms with Gasteiger partial charge in [-0.05, 0) is 39.3 Å². The lowest BCUT2D eigenvalue weighted by atomic mass is 9.97. The van der Waals surface area contributed by atoms with E-state index >= 15 is 0 Å². The van der Waals surface area contributed by atoms with Crippen LogP contribution < -0.4 is 5.32 Å². The van der Waals surface area contributed by atoms with Crippen molar-refractivity contribution in [2.45, 2.75) is 38.8 Å². The molecule has 0 radical (unpaired) electrons. The number of amides is 1. The number of nitrogens with one attached hydrogen (secondary N) is 1. The summed E-state index contributed by atoms with van der Waals surface area (Å²) in [7, 11) is 3.68. The minimum atomic E-state index is -0.165. The maximum absolute atomic E-state index is 11.9. The van der Waals surface area contributed by atoms with E-state index in [0.717, 1.165) is 18.4 Å². The van der Waals surface area contributed by atoms with Crippen molar-refractivity contribution in [3.8, 4) is 0 Å². The first-order chi connectivity index (χ1) is 7.57. The molecule has 1 aliphatic rings. The zero-order chi connectivity index (χ0) is 12.1. The van der Waals surface area contributed by atoms with Gasteiger partial charge in [0.1, 0.15) is 6.04 Å². The van der Waals surface area contributed by atoms with Gasteiger partial charge in [-0.3, -0.25) is 9.69 Å². The Morgan fingerprint density at radius 1 is 1.44 bits per heavy atom. The highest BCUT2D eigenvalue weighted by molar-refractivity contribution is 5.85. The number of nitrogens with zero attached hydrogens (tertiary/aromatic N) is 1. The number of rotatable bonds is 4. The summed E-state index contributed by atoms with van der Waals surface area (Å²) in [6.45, 7) is 4.20. The standard InChI is InChI=1S/C13H22N2O/c1-10(2)15(4)12(13(16)14-3)11-8-6-5-7-9-11/h6,8-10,12H,5,7H2,1-4H3,(H,14,16). The van der Waals surface area contributed by atoms with Crippen molar-refractivity contribution in [3.05, 3.63) is 23.8 Å². The quantitative estimate of drug-likeness (QED) is 0.785. The van der Waals surface area contributed by atoms with Gasteiger partial charge in [0, 0.05) is 13.1 Å². The highest BCUT2D eigenvalue weighted by Gasteiger charge is 2.26. The van der Waals surface area contributed by atoms with E-state index in [1.165, 1.54) is 0 Å². The molecule has 0 fully saturated rings. The number of carbonyl (C=O) groups excluding carboxylic acids is 1. The maximum atomic E-state index is 11.9. The van der Waals surface area contributed by atoms with Crippen molar-refractivity contribution in [2.75, 3.05) is 14.1 Å². The number of hydrogen-bond acceptors (Lipinski definition) is 2. The van der Waals surface area contributed by atoms with Crippen molar-refractivity contribution in [3.63, 3.8) is 0 Å². The molecule has 0 aliphatic heterocycles. The van der Waals surface area contributed by atoms with Crippen LogP contribution >= 0.6 is 0 Å². The molecule has 1 rings (SSSR count). The van der Waals surface area contributed by atoms with Crippen LogP contribution in [0, 0.1) is 0 Å². The van der Waals surface area contributed by atoms with Gasteiger partial charge in [-0.15, -0.1) is 0 Å². The molecule has 1 unspecified atom stereocenters. The Balaban J connectivity index is 2.91. The Morgan fingerprint density at radius 2 is 2.12 bits per heavy atom. The first-order valence-electron chi connectivity index (χ1n) is 5.88. The fourth-order valence-corrected chi connectivity index (χ4v) is 1.84. The fourth-order valence-electron chi connectivity index (χ4n) is 1.84. The number of allylic oxidation sites excluding steroid dienone is 2. The Morgan fingerprint density at radius 3 is 2.56 bits per heavy atom. The highest BCUT2D eigenvalue weighted by Crippen LogP contribution is 2.19. The Hall–Kier alpha value is -1.09. The van der Waals surface area contributed by atoms with Gasteiger partial charge in [-0.25, -0.2) is 0 Å². The average Bonchev–Trinajstić information content (AvgIpc) is 2.30. The third kappa shape index (κ3) is 2.95. The van der Waals surface area contributed by atoms with Crippen LogP contribution in [0.3, 0.4) is 0 Å². The topological polar surface area (TPSA) is 32.3 Å². The van der Waals surface area contributed by atoms with Gasteiger partial charge in [0.25, 0.3) is 0 Å². The van der Waals surface area contributed by atoms with E-state index in [2.05, 4.69) is 42.3 Å². The van der Waals surface area contributed by atoms with Gasteiger partial charge in [0.2, 0.25) is 5.91 Å². The molecule has 1 aliphatic carbocycles. The van der Waals surface area contributed by atoms with E-state index in [4.69, 9.17) is 0 Å². The molecule has 0 aromatic carbocycles. The number of hydrogen-bond donors (Lipinski definition) is 1. The summed E-state index contributed by atoms with van der Waals surface area (Å²) in [5.41, 5.74) is 1.11. The van der Waals surface area contributed by atoms with Gasteiger partial charge in [0.15, 0.2) is 0 Å². The van der Waals surface area contributed by atoms with Gasteiger partial charge in [0.05, 0.1) is 0 Å². The van der Waals surface area contributed by atoms with Gasteiger partial charge in [-0.2, -0.15) is 0 Å². The van der Waals surface area contributed by atoms with E-state index in [-0.39, 0.29) is 11.9 Å². The van der Waals surface area contributed by atoms with Crippen molar-refractivity contribution < 1.29 is 4.79 Å². The van der Waals surface area contributed by atoms with Crippen LogP contribution in [0.15, 0.2) is 23.8 Å². The van der Waals surface area contributed by atoms with Gasteiger partial charge >= 0.3 is 0 Å². The summed E-state index contributed by atoms with van der Waals surface area (Å²) in [4.78, 5) is 14.0. The normalized spacial score (nSPS) is 17.5. The lowest BCUT2D eigenvalue weighted by Crippen LogP contribution is -2.47. The molecule has 0 saturated heterocycles. The minimum Gasteiger partial charge on any atom is -0.358 e. The summed E-state index contributed by atoms with van der Waals surface area (Å²) < 4.78 is 0. The highest BCUT2D eigenvalue weighted by atomic mass is 16.2. The van der Waals surface area contributed by atoms with E-state index in [1.807, 2.05) is 7.05 Å². The molecule has 1 atom stereocenters. The van der Waals surface area contributed by atoms with Crippen LogP contribution in [0.2, 0.25) is 0 Å². The van der Waals surface area contributed by atoms with Crippen molar-refractivity contribution in [2.24, 2.45) is 0 Å². The molecule has 0 saturated carbocycles. The first-order valence-corrected chi connectivity index (χ1v) is 5.88. The smallest absolute Gasteiger partial charge is 0.241 e. The van der Waals surface area contributed by atoms with Gasteiger partial charge in [-0.1, -0.05) is 18.2 Å². The second-order valence-electron chi connectivity index (χ2n) is 4.46. The summed E-state index contributed by atoms with van der Waals surface area (Å²) in [6, 6.07) is 0.181. The van der Waals surface area contributed by atoms with E-state index in [1.54, 1.807) is 7.05 Å². The van der Waals surface area contributed by atoms with Crippen LogP contribution in [0.4, 0.5) is 0 Å². The predicted octanol–water partition coefficient (Wildman–Crippen LogP) is 1.72. The molecule has 0 spiro atoms. The molecule has 0 bridgehead atoms. The Labute approximate surface area is 98.2 Å². The number of carbonyl (C=O) groups is 1. The van der Waals surface area contributed by atoms with E-state index in [0.29, 0.717) is 6.04 Å². The fraction of sp³-hybridized carbons (Fsp3) is 0.615. The molecule has 0 aromatic rings. The molecule has 3 nitrogen and oxygen atoms in total. The SMILES string of the molecule is CNC(=O)C(C1=CCCC=C1)N(C)C(C)C. The van der Waals surface area contributed by atoms with Crippen LogP contribution in [0.5, 0.6) is 0 Å². The van der Waals surface area contributed by atoms with Crippen LogP contribution in [0.25, 0.3) is 0 Å². The monoisotopic (exact) mass is 222 g/mol. The largest absolute Gasteiger partial charge is 0.358 e. The average molecular weight is 222 g/mol. The lowest BCUT2D eigenvalue weighted by Gasteiger charge is -2.31. The first kappa shape index (κ1) is 13.0. The van der Waals surface area contributed by atoms with Crippen LogP contribution in [-0.4, -0.2) is 37.0 Å². The summed E-state index contributed by atoms with van der Waals surface area (Å²) in [5, 5.41) is 2.74. The maximum Gasteiger partial charge on any atom is 0.241 e. The van der Waals surface area contributed by atoms with Crippen molar-refractivity contribution >= 4 is 5.91 Å². The van der Waals surface area contributed by atoms with Crippen molar-refractivity contribution in [1.29, 1.82) is 0 Å². The van der Waals surface area contributed by atoms with Crippen molar-refractivity contribution in [1.82, 2.24) is 10.2 Å². The minimum absolute atomic E-state index is 0.0639.